The highest BCUT2D eigenvalue weighted by Crippen LogP contribution is 2.14. The topological polar surface area (TPSA) is 249 Å². The predicted molar refractivity (Wildman–Crippen MR) is 141 cm³/mol. The lowest BCUT2D eigenvalue weighted by Gasteiger charge is -2.21. The number of carboxylic acids is 2. The Kier molecular flexibility index (Phi) is 15.4. The van der Waals surface area contributed by atoms with Gasteiger partial charge < -0.3 is 42.2 Å². The minimum Gasteiger partial charge on any atom is -0.480 e. The summed E-state index contributed by atoms with van der Waals surface area (Å²) in [5, 5.41) is 24.5. The van der Waals surface area contributed by atoms with Crippen LogP contribution in [0.5, 0.6) is 0 Å². The van der Waals surface area contributed by atoms with Crippen molar-refractivity contribution in [3.8, 4) is 0 Å². The van der Waals surface area contributed by atoms with Crippen molar-refractivity contribution in [3.05, 3.63) is 18.2 Å². The Hall–Kier alpha value is -3.50. The number of thioether (sulfide) groups is 1. The highest BCUT2D eigenvalue weighted by molar-refractivity contribution is 8.13. The molecule has 218 valence electrons. The van der Waals surface area contributed by atoms with Gasteiger partial charge in [0.05, 0.1) is 6.33 Å². The molecule has 1 rings (SSSR count). The van der Waals surface area contributed by atoms with E-state index in [2.05, 4.69) is 20.9 Å². The van der Waals surface area contributed by atoms with E-state index in [4.69, 9.17) is 21.7 Å². The summed E-state index contributed by atoms with van der Waals surface area (Å²) in [5.41, 5.74) is 11.6. The maximum Gasteiger partial charge on any atom is 0.322 e. The summed E-state index contributed by atoms with van der Waals surface area (Å²) in [6.45, 7) is 2.23. The Bertz CT molecular complexity index is 1000. The van der Waals surface area contributed by atoms with Crippen molar-refractivity contribution in [2.45, 2.75) is 70.1 Å². The second-order valence-electron chi connectivity index (χ2n) is 8.64. The van der Waals surface area contributed by atoms with Crippen LogP contribution >= 0.6 is 11.8 Å². The molecular weight excluding hydrogens is 534 g/mol. The number of nitrogens with one attached hydrogen (secondary N) is 3. The van der Waals surface area contributed by atoms with Crippen molar-refractivity contribution in [2.24, 2.45) is 11.5 Å². The normalized spacial score (nSPS) is 13.1. The van der Waals surface area contributed by atoms with Crippen molar-refractivity contribution in [1.82, 2.24) is 25.5 Å². The average molecular weight is 572 g/mol. The van der Waals surface area contributed by atoms with Crippen LogP contribution in [-0.2, 0) is 41.7 Å². The fourth-order valence-electron chi connectivity index (χ4n) is 3.30. The summed E-state index contributed by atoms with van der Waals surface area (Å²) in [5.74, 6) is -4.80. The molecule has 0 bridgehead atoms. The number of imidazole rings is 1. The van der Waals surface area contributed by atoms with E-state index in [-0.39, 0.29) is 37.3 Å². The standard InChI is InChI=1S/C23H37N7O8S/c1-2-8-30-13-26-10-14(30)9-16(28-18(31)4-3-7-24)23(38)39-12-17(21(35)27-11-20(33)34)29-19(32)6-5-15(25)22(36)37/h10,13,15-17H,2-9,11-12,24-25H2,1H3,(H,27,35)(H,28,31)(H,29,32)(H,33,34)(H,36,37)/t15?,16-,17?/m0/s1. The maximum atomic E-state index is 13.2. The molecule has 0 fully saturated rings. The van der Waals surface area contributed by atoms with Crippen molar-refractivity contribution in [1.29, 1.82) is 0 Å². The Morgan fingerprint density at radius 1 is 1.08 bits per heavy atom. The molecule has 39 heavy (non-hydrogen) atoms. The molecule has 0 saturated heterocycles. The van der Waals surface area contributed by atoms with Gasteiger partial charge in [-0.15, -0.1) is 0 Å². The van der Waals surface area contributed by atoms with Gasteiger partial charge in [-0.3, -0.25) is 28.8 Å². The molecule has 0 aliphatic carbocycles. The number of amides is 3. The molecule has 0 aliphatic heterocycles. The lowest BCUT2D eigenvalue weighted by atomic mass is 10.1. The summed E-state index contributed by atoms with van der Waals surface area (Å²) in [4.78, 5) is 76.3. The molecule has 3 atom stereocenters. The smallest absolute Gasteiger partial charge is 0.322 e. The van der Waals surface area contributed by atoms with Gasteiger partial charge in [0.1, 0.15) is 24.7 Å². The second-order valence-corrected chi connectivity index (χ2v) is 9.66. The number of rotatable bonds is 19. The van der Waals surface area contributed by atoms with Gasteiger partial charge in [0.15, 0.2) is 0 Å². The minimum absolute atomic E-state index is 0.119. The molecule has 1 aromatic rings. The summed E-state index contributed by atoms with van der Waals surface area (Å²) >= 11 is 0.684. The lowest BCUT2D eigenvalue weighted by Crippen LogP contribution is -2.50. The molecule has 1 heterocycles. The van der Waals surface area contributed by atoms with E-state index in [0.717, 1.165) is 6.42 Å². The molecule has 0 aromatic carbocycles. The second kappa shape index (κ2) is 17.9. The molecule has 3 amide bonds. The van der Waals surface area contributed by atoms with Crippen LogP contribution < -0.4 is 27.4 Å². The number of nitrogens with two attached hydrogens (primary N) is 2. The molecule has 1 aromatic heterocycles. The van der Waals surface area contributed by atoms with Gasteiger partial charge in [-0.25, -0.2) is 4.98 Å². The van der Waals surface area contributed by atoms with Gasteiger partial charge in [0, 0.05) is 43.5 Å². The summed E-state index contributed by atoms with van der Waals surface area (Å²) in [7, 11) is 0. The van der Waals surface area contributed by atoms with Gasteiger partial charge in [0.25, 0.3) is 0 Å². The summed E-state index contributed by atoms with van der Waals surface area (Å²) < 4.78 is 1.86. The zero-order valence-corrected chi connectivity index (χ0v) is 22.6. The van der Waals surface area contributed by atoms with Gasteiger partial charge in [-0.05, 0) is 25.8 Å². The van der Waals surface area contributed by atoms with Crippen molar-refractivity contribution in [3.63, 3.8) is 0 Å². The first-order valence-electron chi connectivity index (χ1n) is 12.4. The van der Waals surface area contributed by atoms with Gasteiger partial charge in [0.2, 0.25) is 22.8 Å². The zero-order chi connectivity index (χ0) is 29.4. The highest BCUT2D eigenvalue weighted by Gasteiger charge is 2.28. The Morgan fingerprint density at radius 3 is 2.36 bits per heavy atom. The number of aliphatic carboxylic acids is 2. The van der Waals surface area contributed by atoms with Crippen molar-refractivity contribution in [2.75, 3.05) is 18.8 Å². The fraction of sp³-hybridized carbons (Fsp3) is 0.609. The largest absolute Gasteiger partial charge is 0.480 e. The third-order valence-electron chi connectivity index (χ3n) is 5.36. The Labute approximate surface area is 229 Å². The fourth-order valence-corrected chi connectivity index (χ4v) is 4.21. The highest BCUT2D eigenvalue weighted by atomic mass is 32.2. The van der Waals surface area contributed by atoms with Gasteiger partial charge >= 0.3 is 11.9 Å². The summed E-state index contributed by atoms with van der Waals surface area (Å²) in [6, 6.07) is -3.57. The van der Waals surface area contributed by atoms with Crippen LogP contribution in [-0.4, -0.2) is 91.5 Å². The van der Waals surface area contributed by atoms with Crippen LogP contribution in [0.1, 0.15) is 44.7 Å². The molecule has 0 aliphatic rings. The van der Waals surface area contributed by atoms with Gasteiger partial charge in [-0.2, -0.15) is 0 Å². The van der Waals surface area contributed by atoms with E-state index in [1.54, 1.807) is 12.5 Å². The predicted octanol–water partition coefficient (Wildman–Crippen LogP) is -1.80. The lowest BCUT2D eigenvalue weighted by molar-refractivity contribution is -0.139. The minimum atomic E-state index is -1.31. The molecule has 9 N–H and O–H groups in total. The number of hydrogen-bond acceptors (Lipinski definition) is 10. The van der Waals surface area contributed by atoms with Crippen molar-refractivity contribution >= 4 is 46.5 Å². The SMILES string of the molecule is CCCn1cncc1C[C@H](NC(=O)CCCN)C(=O)SCC(NC(=O)CCC(N)C(=O)O)C(=O)NCC(=O)O. The third kappa shape index (κ3) is 13.2. The van der Waals surface area contributed by atoms with Crippen LogP contribution in [0.15, 0.2) is 12.5 Å². The van der Waals surface area contributed by atoms with Gasteiger partial charge in [-0.1, -0.05) is 18.7 Å². The molecule has 0 saturated carbocycles. The quantitative estimate of drug-likeness (QED) is 0.0971. The molecular formula is C23H37N7O8S. The van der Waals surface area contributed by atoms with E-state index in [0.29, 0.717) is 37.0 Å². The van der Waals surface area contributed by atoms with E-state index in [9.17, 15) is 28.8 Å². The molecule has 2 unspecified atom stereocenters. The Balaban J connectivity index is 2.98. The molecule has 0 spiro atoms. The van der Waals surface area contributed by atoms with E-state index in [1.165, 1.54) is 0 Å². The number of aromatic nitrogens is 2. The number of carbonyl (C=O) groups is 6. The Morgan fingerprint density at radius 2 is 1.74 bits per heavy atom. The van der Waals surface area contributed by atoms with Crippen LogP contribution in [0, 0.1) is 0 Å². The monoisotopic (exact) mass is 571 g/mol. The van der Waals surface area contributed by atoms with Crippen LogP contribution in [0.3, 0.4) is 0 Å². The molecule has 15 nitrogen and oxygen atoms in total. The number of aryl methyl sites for hydroxylation is 1. The van der Waals surface area contributed by atoms with E-state index < -0.39 is 53.5 Å². The van der Waals surface area contributed by atoms with Crippen molar-refractivity contribution < 1.29 is 39.0 Å². The first-order chi connectivity index (χ1) is 18.5. The first-order valence-corrected chi connectivity index (χ1v) is 13.4. The van der Waals surface area contributed by atoms with E-state index >= 15 is 0 Å². The zero-order valence-electron chi connectivity index (χ0n) is 21.8. The average Bonchev–Trinajstić information content (AvgIpc) is 3.32. The number of carboxylic acid groups (broad SMARTS) is 2. The number of hydrogen-bond donors (Lipinski definition) is 7. The maximum absolute atomic E-state index is 13.2. The first kappa shape index (κ1) is 33.5. The summed E-state index contributed by atoms with van der Waals surface area (Å²) in [6.07, 6.45) is 4.22. The van der Waals surface area contributed by atoms with Crippen LogP contribution in [0.2, 0.25) is 0 Å². The van der Waals surface area contributed by atoms with Crippen LogP contribution in [0.4, 0.5) is 0 Å². The number of carbonyl (C=O) groups excluding carboxylic acids is 4. The molecule has 0 radical (unpaired) electrons. The molecule has 16 heteroatoms. The van der Waals surface area contributed by atoms with E-state index in [1.807, 2.05) is 11.5 Å². The number of nitrogens with zero attached hydrogens (tertiary/aromatic N) is 2. The van der Waals surface area contributed by atoms with Crippen LogP contribution in [0.25, 0.3) is 0 Å². The third-order valence-corrected chi connectivity index (χ3v) is 6.43.